The predicted octanol–water partition coefficient (Wildman–Crippen LogP) is 1.56. The van der Waals surface area contributed by atoms with Crippen LogP contribution in [0.3, 0.4) is 0 Å². The van der Waals surface area contributed by atoms with E-state index < -0.39 is 0 Å². The third-order valence-corrected chi connectivity index (χ3v) is 2.85. The molecule has 0 aliphatic carbocycles. The number of anilines is 2. The van der Waals surface area contributed by atoms with E-state index in [9.17, 15) is 4.79 Å². The van der Waals surface area contributed by atoms with Gasteiger partial charge in [0.2, 0.25) is 5.91 Å². The molecule has 0 atom stereocenters. The van der Waals surface area contributed by atoms with Crippen LogP contribution in [-0.2, 0) is 4.79 Å². The molecule has 1 rings (SSSR count). The molecule has 6 heteroatoms. The van der Waals surface area contributed by atoms with Gasteiger partial charge in [-0.2, -0.15) is 0 Å². The number of nitrogens with zero attached hydrogens (tertiary/aromatic N) is 1. The van der Waals surface area contributed by atoms with Gasteiger partial charge in [-0.1, -0.05) is 18.5 Å². The van der Waals surface area contributed by atoms with Gasteiger partial charge in [-0.05, 0) is 31.2 Å². The number of nitrogen functional groups attached to an aromatic ring is 1. The molecule has 0 heterocycles. The summed E-state index contributed by atoms with van der Waals surface area (Å²) in [6.45, 7) is 3.55. The fourth-order valence-corrected chi connectivity index (χ4v) is 1.95. The van der Waals surface area contributed by atoms with Crippen molar-refractivity contribution in [3.8, 4) is 0 Å². The molecule has 0 aliphatic heterocycles. The summed E-state index contributed by atoms with van der Waals surface area (Å²) in [5, 5.41) is 12.2. The molecule has 1 aromatic rings. The minimum atomic E-state index is -0.157. The largest absolute Gasteiger partial charge is 0.397 e. The van der Waals surface area contributed by atoms with Crippen molar-refractivity contribution in [1.29, 1.82) is 0 Å². The van der Waals surface area contributed by atoms with Gasteiger partial charge in [-0.3, -0.25) is 9.69 Å². The van der Waals surface area contributed by atoms with Gasteiger partial charge in [0.05, 0.1) is 24.5 Å². The molecule has 0 unspecified atom stereocenters. The monoisotopic (exact) mass is 285 g/mol. The molecular formula is C13H20ClN3O2. The Balaban J connectivity index is 2.58. The van der Waals surface area contributed by atoms with Gasteiger partial charge < -0.3 is 16.2 Å². The lowest BCUT2D eigenvalue weighted by atomic mass is 10.2. The van der Waals surface area contributed by atoms with Crippen LogP contribution < -0.4 is 11.1 Å². The Morgan fingerprint density at radius 1 is 1.47 bits per heavy atom. The number of aliphatic hydroxyl groups is 1. The summed E-state index contributed by atoms with van der Waals surface area (Å²) >= 11 is 5.79. The summed E-state index contributed by atoms with van der Waals surface area (Å²) in [5.74, 6) is -0.157. The third kappa shape index (κ3) is 5.46. The van der Waals surface area contributed by atoms with Gasteiger partial charge >= 0.3 is 0 Å². The topological polar surface area (TPSA) is 78.6 Å². The van der Waals surface area contributed by atoms with E-state index in [0.717, 1.165) is 13.0 Å². The van der Waals surface area contributed by atoms with E-state index in [4.69, 9.17) is 22.4 Å². The summed E-state index contributed by atoms with van der Waals surface area (Å²) in [5.41, 5.74) is 6.75. The average Bonchev–Trinajstić information content (AvgIpc) is 2.33. The van der Waals surface area contributed by atoms with Crippen LogP contribution in [0.1, 0.15) is 13.3 Å². The van der Waals surface area contributed by atoms with Crippen LogP contribution in [0.2, 0.25) is 5.02 Å². The molecule has 0 aliphatic rings. The molecule has 0 spiro atoms. The van der Waals surface area contributed by atoms with Crippen LogP contribution >= 0.6 is 11.6 Å². The summed E-state index contributed by atoms with van der Waals surface area (Å²) in [6, 6.07) is 4.94. The Labute approximate surface area is 118 Å². The fourth-order valence-electron chi connectivity index (χ4n) is 1.77. The normalized spacial score (nSPS) is 10.7. The van der Waals surface area contributed by atoms with Gasteiger partial charge in [0.1, 0.15) is 0 Å². The predicted molar refractivity (Wildman–Crippen MR) is 78.3 cm³/mol. The Morgan fingerprint density at radius 2 is 2.21 bits per heavy atom. The van der Waals surface area contributed by atoms with E-state index >= 15 is 0 Å². The van der Waals surface area contributed by atoms with E-state index in [1.165, 1.54) is 0 Å². The van der Waals surface area contributed by atoms with Crippen molar-refractivity contribution in [3.63, 3.8) is 0 Å². The fraction of sp³-hybridized carbons (Fsp3) is 0.462. The highest BCUT2D eigenvalue weighted by atomic mass is 35.5. The standard InChI is InChI=1S/C13H20ClN3O2/c1-2-5-17(6-7-18)9-13(19)16-12-4-3-10(14)8-11(12)15/h3-4,8,18H,2,5-7,9,15H2,1H3,(H,16,19). The first-order chi connectivity index (χ1) is 9.06. The average molecular weight is 286 g/mol. The van der Waals surface area contributed by atoms with Crippen molar-refractivity contribution in [2.75, 3.05) is 37.3 Å². The first-order valence-electron chi connectivity index (χ1n) is 6.25. The summed E-state index contributed by atoms with van der Waals surface area (Å²) in [6.07, 6.45) is 0.927. The minimum absolute atomic E-state index is 0.0381. The highest BCUT2D eigenvalue weighted by molar-refractivity contribution is 6.31. The number of hydrogen-bond acceptors (Lipinski definition) is 4. The third-order valence-electron chi connectivity index (χ3n) is 2.61. The molecule has 106 valence electrons. The van der Waals surface area contributed by atoms with E-state index in [-0.39, 0.29) is 19.1 Å². The SMILES string of the molecule is CCCN(CCO)CC(=O)Nc1ccc(Cl)cc1N. The lowest BCUT2D eigenvalue weighted by molar-refractivity contribution is -0.117. The molecule has 0 bridgehead atoms. The maximum Gasteiger partial charge on any atom is 0.238 e. The minimum Gasteiger partial charge on any atom is -0.397 e. The number of halogens is 1. The number of rotatable bonds is 7. The van der Waals surface area contributed by atoms with E-state index in [0.29, 0.717) is 22.9 Å². The van der Waals surface area contributed by atoms with E-state index in [1.54, 1.807) is 18.2 Å². The van der Waals surface area contributed by atoms with Crippen LogP contribution in [0.15, 0.2) is 18.2 Å². The molecule has 5 nitrogen and oxygen atoms in total. The highest BCUT2D eigenvalue weighted by Gasteiger charge is 2.11. The zero-order chi connectivity index (χ0) is 14.3. The Bertz CT molecular complexity index is 420. The summed E-state index contributed by atoms with van der Waals surface area (Å²) in [7, 11) is 0. The van der Waals surface area contributed by atoms with Gasteiger partial charge in [0.15, 0.2) is 0 Å². The first kappa shape index (κ1) is 15.8. The number of amides is 1. The second kappa shape index (κ2) is 7.99. The van der Waals surface area contributed by atoms with Crippen LogP contribution in [-0.4, -0.2) is 42.2 Å². The molecule has 4 N–H and O–H groups in total. The number of aliphatic hydroxyl groups excluding tert-OH is 1. The van der Waals surface area contributed by atoms with Crippen molar-refractivity contribution in [1.82, 2.24) is 4.90 Å². The number of hydrogen-bond donors (Lipinski definition) is 3. The van der Waals surface area contributed by atoms with E-state index in [2.05, 4.69) is 5.32 Å². The van der Waals surface area contributed by atoms with Crippen LogP contribution in [0.5, 0.6) is 0 Å². The van der Waals surface area contributed by atoms with E-state index in [1.807, 2.05) is 11.8 Å². The summed E-state index contributed by atoms with van der Waals surface area (Å²) in [4.78, 5) is 13.8. The number of nitrogens with two attached hydrogens (primary N) is 1. The molecule has 19 heavy (non-hydrogen) atoms. The smallest absolute Gasteiger partial charge is 0.238 e. The molecular weight excluding hydrogens is 266 g/mol. The number of benzene rings is 1. The van der Waals surface area contributed by atoms with Crippen molar-refractivity contribution in [3.05, 3.63) is 23.2 Å². The van der Waals surface area contributed by atoms with Gasteiger partial charge in [0.25, 0.3) is 0 Å². The molecule has 1 aromatic carbocycles. The highest BCUT2D eigenvalue weighted by Crippen LogP contribution is 2.22. The number of carbonyl (C=O) groups excluding carboxylic acids is 1. The maximum absolute atomic E-state index is 11.9. The molecule has 0 aromatic heterocycles. The number of nitrogens with one attached hydrogen (secondary N) is 1. The van der Waals surface area contributed by atoms with Gasteiger partial charge in [-0.15, -0.1) is 0 Å². The lowest BCUT2D eigenvalue weighted by Gasteiger charge is -2.20. The molecule has 0 radical (unpaired) electrons. The summed E-state index contributed by atoms with van der Waals surface area (Å²) < 4.78 is 0. The first-order valence-corrected chi connectivity index (χ1v) is 6.62. The lowest BCUT2D eigenvalue weighted by Crippen LogP contribution is -2.35. The second-order valence-electron chi connectivity index (χ2n) is 4.28. The van der Waals surface area contributed by atoms with Crippen LogP contribution in [0.25, 0.3) is 0 Å². The maximum atomic E-state index is 11.9. The number of carbonyl (C=O) groups is 1. The molecule has 0 saturated carbocycles. The van der Waals surface area contributed by atoms with Crippen LogP contribution in [0, 0.1) is 0 Å². The Morgan fingerprint density at radius 3 is 2.79 bits per heavy atom. The molecule has 0 saturated heterocycles. The zero-order valence-electron chi connectivity index (χ0n) is 11.0. The van der Waals surface area contributed by atoms with Gasteiger partial charge in [0, 0.05) is 11.6 Å². The van der Waals surface area contributed by atoms with Crippen molar-refractivity contribution >= 4 is 28.9 Å². The second-order valence-corrected chi connectivity index (χ2v) is 4.72. The van der Waals surface area contributed by atoms with Crippen LogP contribution in [0.4, 0.5) is 11.4 Å². The molecule has 0 fully saturated rings. The van der Waals surface area contributed by atoms with Crippen molar-refractivity contribution < 1.29 is 9.90 Å². The quantitative estimate of drug-likeness (QED) is 0.665. The van der Waals surface area contributed by atoms with Crippen molar-refractivity contribution in [2.45, 2.75) is 13.3 Å². The van der Waals surface area contributed by atoms with Gasteiger partial charge in [-0.25, -0.2) is 0 Å². The zero-order valence-corrected chi connectivity index (χ0v) is 11.8. The Kier molecular flexibility index (Phi) is 6.62. The van der Waals surface area contributed by atoms with Crippen molar-refractivity contribution in [2.24, 2.45) is 0 Å². The Hall–Kier alpha value is -1.30. The molecule has 1 amide bonds.